The van der Waals surface area contributed by atoms with Gasteiger partial charge in [0.05, 0.1) is 6.04 Å². The second-order valence-corrected chi connectivity index (χ2v) is 7.29. The summed E-state index contributed by atoms with van der Waals surface area (Å²) in [5.74, 6) is 1.08. The quantitative estimate of drug-likeness (QED) is 0.750. The lowest BCUT2D eigenvalue weighted by Gasteiger charge is -2.31. The number of piperidine rings is 1. The number of thiophene rings is 1. The van der Waals surface area contributed by atoms with E-state index in [-0.39, 0.29) is 18.0 Å². The van der Waals surface area contributed by atoms with Crippen molar-refractivity contribution in [2.75, 3.05) is 13.1 Å². The van der Waals surface area contributed by atoms with Gasteiger partial charge in [-0.1, -0.05) is 12.1 Å². The molecule has 3 aromatic rings. The Kier molecular flexibility index (Phi) is 4.44. The number of rotatable bonds is 3. The number of para-hydroxylation sites is 2. The largest absolute Gasteiger partial charge is 0.440 e. The zero-order chi connectivity index (χ0) is 17.2. The number of hydrogen-bond donors (Lipinski definition) is 1. The fourth-order valence-electron chi connectivity index (χ4n) is 3.28. The lowest BCUT2D eigenvalue weighted by Crippen LogP contribution is -2.44. The number of oxazole rings is 1. The molecule has 1 atom stereocenters. The number of urea groups is 1. The van der Waals surface area contributed by atoms with Crippen LogP contribution in [0.1, 0.15) is 43.2 Å². The average Bonchev–Trinajstić information content (AvgIpc) is 3.31. The highest BCUT2D eigenvalue weighted by Crippen LogP contribution is 2.30. The summed E-state index contributed by atoms with van der Waals surface area (Å²) in [6.07, 6.45) is 1.76. The molecule has 6 heteroatoms. The maximum Gasteiger partial charge on any atom is 0.317 e. The summed E-state index contributed by atoms with van der Waals surface area (Å²) in [5.41, 5.74) is 2.89. The summed E-state index contributed by atoms with van der Waals surface area (Å²) >= 11 is 1.65. The molecule has 0 bridgehead atoms. The average molecular weight is 355 g/mol. The first-order chi connectivity index (χ1) is 12.2. The molecule has 0 aliphatic carbocycles. The molecule has 1 N–H and O–H groups in total. The van der Waals surface area contributed by atoms with Crippen molar-refractivity contribution in [3.05, 3.63) is 52.5 Å². The molecule has 1 aromatic carbocycles. The molecule has 1 aliphatic rings. The van der Waals surface area contributed by atoms with Gasteiger partial charge in [0.25, 0.3) is 0 Å². The Hall–Kier alpha value is -2.34. The van der Waals surface area contributed by atoms with Gasteiger partial charge in [0.1, 0.15) is 5.52 Å². The molecule has 0 saturated carbocycles. The molecule has 2 amide bonds. The minimum absolute atomic E-state index is 0.00900. The maximum absolute atomic E-state index is 12.5. The van der Waals surface area contributed by atoms with Crippen molar-refractivity contribution in [3.63, 3.8) is 0 Å². The molecular formula is C19H21N3O2S. The Morgan fingerprint density at radius 2 is 2.12 bits per heavy atom. The molecule has 1 aliphatic heterocycles. The van der Waals surface area contributed by atoms with E-state index < -0.39 is 0 Å². The van der Waals surface area contributed by atoms with Gasteiger partial charge in [0, 0.05) is 19.0 Å². The summed E-state index contributed by atoms with van der Waals surface area (Å²) in [6, 6.07) is 9.93. The van der Waals surface area contributed by atoms with Crippen molar-refractivity contribution in [1.29, 1.82) is 0 Å². The summed E-state index contributed by atoms with van der Waals surface area (Å²) in [6.45, 7) is 3.47. The number of hydrogen-bond acceptors (Lipinski definition) is 4. The third-order valence-corrected chi connectivity index (χ3v) is 5.53. The van der Waals surface area contributed by atoms with E-state index in [4.69, 9.17) is 4.42 Å². The van der Waals surface area contributed by atoms with Crippen LogP contribution in [-0.4, -0.2) is 29.0 Å². The van der Waals surface area contributed by atoms with Crippen LogP contribution in [0.5, 0.6) is 0 Å². The van der Waals surface area contributed by atoms with Crippen LogP contribution in [0.3, 0.4) is 0 Å². The van der Waals surface area contributed by atoms with Gasteiger partial charge in [-0.15, -0.1) is 0 Å². The van der Waals surface area contributed by atoms with Crippen LogP contribution in [-0.2, 0) is 0 Å². The van der Waals surface area contributed by atoms with Gasteiger partial charge >= 0.3 is 6.03 Å². The van der Waals surface area contributed by atoms with Gasteiger partial charge in [-0.3, -0.25) is 0 Å². The Morgan fingerprint density at radius 1 is 1.32 bits per heavy atom. The van der Waals surface area contributed by atoms with Crippen molar-refractivity contribution in [2.24, 2.45) is 0 Å². The number of nitrogens with one attached hydrogen (secondary N) is 1. The predicted molar refractivity (Wildman–Crippen MR) is 98.8 cm³/mol. The van der Waals surface area contributed by atoms with Gasteiger partial charge in [-0.2, -0.15) is 11.3 Å². The number of fused-ring (bicyclic) bond motifs is 1. The van der Waals surface area contributed by atoms with E-state index in [9.17, 15) is 4.79 Å². The number of nitrogens with zero attached hydrogens (tertiary/aromatic N) is 2. The lowest BCUT2D eigenvalue weighted by atomic mass is 9.97. The fourth-order valence-corrected chi connectivity index (χ4v) is 4.03. The van der Waals surface area contributed by atoms with E-state index in [1.54, 1.807) is 11.3 Å². The minimum Gasteiger partial charge on any atom is -0.440 e. The third kappa shape index (κ3) is 3.39. The highest BCUT2D eigenvalue weighted by molar-refractivity contribution is 7.07. The topological polar surface area (TPSA) is 58.4 Å². The van der Waals surface area contributed by atoms with Crippen molar-refractivity contribution in [2.45, 2.75) is 31.7 Å². The summed E-state index contributed by atoms with van der Waals surface area (Å²) in [5, 5.41) is 7.19. The van der Waals surface area contributed by atoms with Gasteiger partial charge in [0.15, 0.2) is 11.5 Å². The Balaban J connectivity index is 1.35. The van der Waals surface area contributed by atoms with Crippen molar-refractivity contribution >= 4 is 28.5 Å². The van der Waals surface area contributed by atoms with E-state index in [0.717, 1.165) is 48.5 Å². The first-order valence-corrected chi connectivity index (χ1v) is 9.58. The molecular weight excluding hydrogens is 334 g/mol. The van der Waals surface area contributed by atoms with Crippen LogP contribution < -0.4 is 5.32 Å². The van der Waals surface area contributed by atoms with Gasteiger partial charge in [-0.25, -0.2) is 9.78 Å². The number of likely N-dealkylation sites (tertiary alicyclic amines) is 1. The maximum atomic E-state index is 12.5. The lowest BCUT2D eigenvalue weighted by molar-refractivity contribution is 0.174. The number of amides is 2. The van der Waals surface area contributed by atoms with E-state index in [1.807, 2.05) is 41.5 Å². The molecule has 0 radical (unpaired) electrons. The number of benzene rings is 1. The smallest absolute Gasteiger partial charge is 0.317 e. The molecule has 2 aromatic heterocycles. The fraction of sp³-hybridized carbons (Fsp3) is 0.368. The molecule has 4 rings (SSSR count). The van der Waals surface area contributed by atoms with Gasteiger partial charge < -0.3 is 14.6 Å². The molecule has 3 heterocycles. The molecule has 0 unspecified atom stereocenters. The molecule has 1 saturated heterocycles. The van der Waals surface area contributed by atoms with Crippen LogP contribution in [0.2, 0.25) is 0 Å². The zero-order valence-electron chi connectivity index (χ0n) is 14.1. The Morgan fingerprint density at radius 3 is 2.84 bits per heavy atom. The number of carbonyl (C=O) groups is 1. The standard InChI is InChI=1S/C19H21N3O2S/c1-13(15-8-11-25-12-15)20-19(23)22-9-6-14(7-10-22)18-21-16-4-2-3-5-17(16)24-18/h2-5,8,11-14H,6-7,9-10H2,1H3,(H,20,23)/t13-/m1/s1. The van der Waals surface area contributed by atoms with Crippen LogP contribution in [0, 0.1) is 0 Å². The first kappa shape index (κ1) is 16.1. The van der Waals surface area contributed by atoms with Crippen molar-refractivity contribution in [3.8, 4) is 0 Å². The van der Waals surface area contributed by atoms with E-state index >= 15 is 0 Å². The number of aromatic nitrogens is 1. The molecule has 0 spiro atoms. The minimum atomic E-state index is 0.00900. The van der Waals surface area contributed by atoms with Crippen molar-refractivity contribution < 1.29 is 9.21 Å². The molecule has 130 valence electrons. The van der Waals surface area contributed by atoms with Gasteiger partial charge in [0.2, 0.25) is 0 Å². The normalized spacial score (nSPS) is 16.9. The van der Waals surface area contributed by atoms with Crippen LogP contribution in [0.15, 0.2) is 45.5 Å². The van der Waals surface area contributed by atoms with Crippen molar-refractivity contribution in [1.82, 2.24) is 15.2 Å². The Labute approximate surface area is 150 Å². The van der Waals surface area contributed by atoms with E-state index in [2.05, 4.69) is 21.7 Å². The summed E-state index contributed by atoms with van der Waals surface area (Å²) in [7, 11) is 0. The monoisotopic (exact) mass is 355 g/mol. The highest BCUT2D eigenvalue weighted by Gasteiger charge is 2.27. The zero-order valence-corrected chi connectivity index (χ0v) is 15.0. The highest BCUT2D eigenvalue weighted by atomic mass is 32.1. The molecule has 5 nitrogen and oxygen atoms in total. The Bertz CT molecular complexity index is 818. The summed E-state index contributed by atoms with van der Waals surface area (Å²) in [4.78, 5) is 19.0. The van der Waals surface area contributed by atoms with Crippen LogP contribution >= 0.6 is 11.3 Å². The van der Waals surface area contributed by atoms with Crippen LogP contribution in [0.4, 0.5) is 4.79 Å². The van der Waals surface area contributed by atoms with Gasteiger partial charge in [-0.05, 0) is 54.3 Å². The first-order valence-electron chi connectivity index (χ1n) is 8.63. The van der Waals surface area contributed by atoms with E-state index in [0.29, 0.717) is 0 Å². The SMILES string of the molecule is C[C@@H](NC(=O)N1CCC(c2nc3ccccc3o2)CC1)c1ccsc1. The predicted octanol–water partition coefficient (Wildman–Crippen LogP) is 4.54. The summed E-state index contributed by atoms with van der Waals surface area (Å²) < 4.78 is 5.89. The molecule has 25 heavy (non-hydrogen) atoms. The molecule has 1 fully saturated rings. The van der Waals surface area contributed by atoms with Crippen LogP contribution in [0.25, 0.3) is 11.1 Å². The van der Waals surface area contributed by atoms with E-state index in [1.165, 1.54) is 0 Å². The third-order valence-electron chi connectivity index (χ3n) is 4.83. The second kappa shape index (κ2) is 6.88. The number of carbonyl (C=O) groups excluding carboxylic acids is 1. The second-order valence-electron chi connectivity index (χ2n) is 6.51.